The molecule has 0 aliphatic carbocycles. The summed E-state index contributed by atoms with van der Waals surface area (Å²) in [5, 5.41) is 2.02. The fraction of sp³-hybridized carbons (Fsp3) is 0.500. The number of thiophene rings is 1. The van der Waals surface area contributed by atoms with Crippen LogP contribution in [0.4, 0.5) is 0 Å². The molecule has 1 aliphatic rings. The van der Waals surface area contributed by atoms with Gasteiger partial charge in [-0.3, -0.25) is 0 Å². The standard InChI is InChI=1S/C8H9BrO2S/c1-8(10-3-4-11-8)7-6(9)2-5-12-7/h2,5H,3-4H2,1H3. The maximum Gasteiger partial charge on any atom is 0.202 e. The zero-order chi connectivity index (χ0) is 8.60. The van der Waals surface area contributed by atoms with Gasteiger partial charge < -0.3 is 9.47 Å². The van der Waals surface area contributed by atoms with E-state index in [-0.39, 0.29) is 0 Å². The molecule has 1 aliphatic heterocycles. The van der Waals surface area contributed by atoms with Crippen molar-refractivity contribution in [3.63, 3.8) is 0 Å². The molecule has 0 radical (unpaired) electrons. The minimum Gasteiger partial charge on any atom is -0.343 e. The highest BCUT2D eigenvalue weighted by molar-refractivity contribution is 9.10. The molecule has 1 fully saturated rings. The Labute approximate surface area is 83.6 Å². The van der Waals surface area contributed by atoms with Crippen LogP contribution in [-0.4, -0.2) is 13.2 Å². The van der Waals surface area contributed by atoms with Gasteiger partial charge in [-0.1, -0.05) is 0 Å². The van der Waals surface area contributed by atoms with Crippen LogP contribution in [-0.2, 0) is 15.3 Å². The van der Waals surface area contributed by atoms with Gasteiger partial charge in [0.25, 0.3) is 0 Å². The van der Waals surface area contributed by atoms with Gasteiger partial charge in [0.15, 0.2) is 0 Å². The van der Waals surface area contributed by atoms with Crippen LogP contribution >= 0.6 is 27.3 Å². The van der Waals surface area contributed by atoms with Gasteiger partial charge in [0.2, 0.25) is 5.79 Å². The lowest BCUT2D eigenvalue weighted by Crippen LogP contribution is -2.21. The molecule has 2 rings (SSSR count). The molecule has 4 heteroatoms. The second-order valence-electron chi connectivity index (χ2n) is 2.74. The lowest BCUT2D eigenvalue weighted by atomic mass is 10.2. The van der Waals surface area contributed by atoms with Crippen LogP contribution in [0.3, 0.4) is 0 Å². The number of rotatable bonds is 1. The summed E-state index contributed by atoms with van der Waals surface area (Å²) >= 11 is 5.11. The van der Waals surface area contributed by atoms with E-state index < -0.39 is 5.79 Å². The molecular weight excluding hydrogens is 240 g/mol. The third kappa shape index (κ3) is 1.33. The lowest BCUT2D eigenvalue weighted by Gasteiger charge is -2.20. The van der Waals surface area contributed by atoms with Crippen molar-refractivity contribution in [2.45, 2.75) is 12.7 Å². The van der Waals surface area contributed by atoms with E-state index in [2.05, 4.69) is 15.9 Å². The third-order valence-corrected chi connectivity index (χ3v) is 3.89. The summed E-state index contributed by atoms with van der Waals surface area (Å²) in [7, 11) is 0. The highest BCUT2D eigenvalue weighted by Crippen LogP contribution is 2.38. The molecule has 1 aromatic heterocycles. The van der Waals surface area contributed by atoms with Crippen LogP contribution < -0.4 is 0 Å². The summed E-state index contributed by atoms with van der Waals surface area (Å²) in [4.78, 5) is 1.11. The van der Waals surface area contributed by atoms with E-state index >= 15 is 0 Å². The monoisotopic (exact) mass is 248 g/mol. The summed E-state index contributed by atoms with van der Waals surface area (Å²) < 4.78 is 12.1. The molecule has 0 unspecified atom stereocenters. The average molecular weight is 249 g/mol. The third-order valence-electron chi connectivity index (χ3n) is 1.87. The zero-order valence-corrected chi connectivity index (χ0v) is 9.07. The van der Waals surface area contributed by atoms with Crippen LogP contribution in [0, 0.1) is 0 Å². The molecular formula is C8H9BrO2S. The lowest BCUT2D eigenvalue weighted by molar-refractivity contribution is -0.147. The number of hydrogen-bond acceptors (Lipinski definition) is 3. The van der Waals surface area contributed by atoms with Crippen molar-refractivity contribution in [2.24, 2.45) is 0 Å². The minimum absolute atomic E-state index is 0.521. The second-order valence-corrected chi connectivity index (χ2v) is 4.51. The summed E-state index contributed by atoms with van der Waals surface area (Å²) in [6.07, 6.45) is 0. The van der Waals surface area contributed by atoms with Crippen molar-refractivity contribution < 1.29 is 9.47 Å². The Morgan fingerprint density at radius 3 is 2.67 bits per heavy atom. The predicted octanol–water partition coefficient (Wildman–Crippen LogP) is 2.73. The van der Waals surface area contributed by atoms with E-state index in [1.54, 1.807) is 11.3 Å². The molecule has 0 amide bonds. The molecule has 0 spiro atoms. The molecule has 0 bridgehead atoms. The topological polar surface area (TPSA) is 18.5 Å². The second kappa shape index (κ2) is 3.10. The largest absolute Gasteiger partial charge is 0.343 e. The fourth-order valence-electron chi connectivity index (χ4n) is 1.26. The Morgan fingerprint density at radius 1 is 1.50 bits per heavy atom. The van der Waals surface area contributed by atoms with E-state index in [0.29, 0.717) is 13.2 Å². The maximum atomic E-state index is 5.52. The van der Waals surface area contributed by atoms with E-state index in [0.717, 1.165) is 9.35 Å². The molecule has 2 heterocycles. The van der Waals surface area contributed by atoms with Gasteiger partial charge in [0.1, 0.15) is 0 Å². The van der Waals surface area contributed by atoms with E-state index in [1.165, 1.54) is 0 Å². The van der Waals surface area contributed by atoms with Crippen LogP contribution in [0.2, 0.25) is 0 Å². The number of hydrogen-bond donors (Lipinski definition) is 0. The summed E-state index contributed by atoms with van der Waals surface area (Å²) in [5.74, 6) is -0.521. The van der Waals surface area contributed by atoms with Gasteiger partial charge >= 0.3 is 0 Å². The SMILES string of the molecule is CC1(c2sccc2Br)OCCO1. The molecule has 66 valence electrons. The number of ether oxygens (including phenoxy) is 2. The summed E-state index contributed by atoms with van der Waals surface area (Å²) in [6, 6.07) is 2.01. The first-order valence-electron chi connectivity index (χ1n) is 3.74. The molecule has 2 nitrogen and oxygen atoms in total. The molecule has 0 atom stereocenters. The van der Waals surface area contributed by atoms with Gasteiger partial charge in [0.05, 0.1) is 18.1 Å². The molecule has 0 aromatic carbocycles. The van der Waals surface area contributed by atoms with Crippen LogP contribution in [0.15, 0.2) is 15.9 Å². The molecule has 0 N–H and O–H groups in total. The van der Waals surface area contributed by atoms with E-state index in [1.807, 2.05) is 18.4 Å². The first kappa shape index (κ1) is 8.69. The first-order valence-corrected chi connectivity index (χ1v) is 5.41. The van der Waals surface area contributed by atoms with Gasteiger partial charge in [-0.2, -0.15) is 0 Å². The van der Waals surface area contributed by atoms with Crippen LogP contribution in [0.5, 0.6) is 0 Å². The highest BCUT2D eigenvalue weighted by Gasteiger charge is 2.35. The Bertz CT molecular complexity index is 278. The molecule has 1 saturated heterocycles. The van der Waals surface area contributed by atoms with E-state index in [9.17, 15) is 0 Å². The zero-order valence-electron chi connectivity index (χ0n) is 6.67. The van der Waals surface area contributed by atoms with E-state index in [4.69, 9.17) is 9.47 Å². The Hall–Kier alpha value is 0.1000. The predicted molar refractivity (Wildman–Crippen MR) is 51.3 cm³/mol. The average Bonchev–Trinajstić information content (AvgIpc) is 2.59. The Morgan fingerprint density at radius 2 is 2.17 bits per heavy atom. The highest BCUT2D eigenvalue weighted by atomic mass is 79.9. The van der Waals surface area contributed by atoms with Crippen molar-refractivity contribution in [1.82, 2.24) is 0 Å². The van der Waals surface area contributed by atoms with Crippen molar-refractivity contribution in [1.29, 1.82) is 0 Å². The van der Waals surface area contributed by atoms with Crippen LogP contribution in [0.1, 0.15) is 11.8 Å². The van der Waals surface area contributed by atoms with Gasteiger partial charge in [0, 0.05) is 4.47 Å². The maximum absolute atomic E-state index is 5.52. The smallest absolute Gasteiger partial charge is 0.202 e. The fourth-order valence-corrected chi connectivity index (χ4v) is 3.06. The van der Waals surface area contributed by atoms with Crippen molar-refractivity contribution in [3.8, 4) is 0 Å². The van der Waals surface area contributed by atoms with Crippen LogP contribution in [0.25, 0.3) is 0 Å². The van der Waals surface area contributed by atoms with Crippen molar-refractivity contribution in [2.75, 3.05) is 13.2 Å². The van der Waals surface area contributed by atoms with Crippen molar-refractivity contribution >= 4 is 27.3 Å². The van der Waals surface area contributed by atoms with Gasteiger partial charge in [-0.15, -0.1) is 11.3 Å². The quantitative estimate of drug-likeness (QED) is 0.761. The summed E-state index contributed by atoms with van der Waals surface area (Å²) in [6.45, 7) is 3.32. The summed E-state index contributed by atoms with van der Waals surface area (Å²) in [5.41, 5.74) is 0. The van der Waals surface area contributed by atoms with Crippen molar-refractivity contribution in [3.05, 3.63) is 20.8 Å². The number of halogens is 1. The molecule has 12 heavy (non-hydrogen) atoms. The Balaban J connectivity index is 2.34. The molecule has 1 aromatic rings. The van der Waals surface area contributed by atoms with Gasteiger partial charge in [-0.25, -0.2) is 0 Å². The first-order chi connectivity index (χ1) is 5.72. The van der Waals surface area contributed by atoms with Gasteiger partial charge in [-0.05, 0) is 34.3 Å². The molecule has 0 saturated carbocycles. The normalized spacial score (nSPS) is 21.5. The minimum atomic E-state index is -0.521. The Kier molecular flexibility index (Phi) is 2.25.